The monoisotopic (exact) mass is 269 g/mol. The molecule has 0 spiro atoms. The third-order valence-electron chi connectivity index (χ3n) is 3.34. The van der Waals surface area contributed by atoms with Crippen molar-refractivity contribution in [2.75, 3.05) is 0 Å². The third-order valence-corrected chi connectivity index (χ3v) is 3.34. The lowest BCUT2D eigenvalue weighted by Crippen LogP contribution is -1.99. The van der Waals surface area contributed by atoms with Crippen LogP contribution in [-0.4, -0.2) is 16.1 Å². The highest BCUT2D eigenvalue weighted by atomic mass is 16.4. The molecule has 1 aromatic carbocycles. The van der Waals surface area contributed by atoms with Gasteiger partial charge in [0, 0.05) is 11.8 Å². The molecule has 0 amide bonds. The molecule has 1 heterocycles. The standard InChI is InChI=1S/C17H19NO2/c1-2-3-4-5-13-6-8-14(9-7-13)15-10-11-16(17(19)20)18-12-15/h6-12H,2-5H2,1H3,(H,19,20). The van der Waals surface area contributed by atoms with Gasteiger partial charge in [0.2, 0.25) is 0 Å². The lowest BCUT2D eigenvalue weighted by atomic mass is 10.0. The fraction of sp³-hybridized carbons (Fsp3) is 0.294. The third kappa shape index (κ3) is 3.67. The minimum atomic E-state index is -0.997. The van der Waals surface area contributed by atoms with E-state index in [2.05, 4.69) is 36.2 Å². The topological polar surface area (TPSA) is 50.2 Å². The van der Waals surface area contributed by atoms with Crippen molar-refractivity contribution in [2.24, 2.45) is 0 Å². The number of nitrogens with zero attached hydrogens (tertiary/aromatic N) is 1. The molecule has 0 fully saturated rings. The number of aromatic nitrogens is 1. The Labute approximate surface area is 119 Å². The molecular weight excluding hydrogens is 250 g/mol. The first kappa shape index (κ1) is 14.3. The van der Waals surface area contributed by atoms with Gasteiger partial charge in [0.1, 0.15) is 5.69 Å². The Balaban J connectivity index is 2.07. The summed E-state index contributed by atoms with van der Waals surface area (Å²) in [5.74, 6) is -0.997. The van der Waals surface area contributed by atoms with Crippen LogP contribution in [0.25, 0.3) is 11.1 Å². The number of pyridine rings is 1. The SMILES string of the molecule is CCCCCc1ccc(-c2ccc(C(=O)O)nc2)cc1. The van der Waals surface area contributed by atoms with E-state index in [1.54, 1.807) is 12.3 Å². The molecule has 0 atom stereocenters. The highest BCUT2D eigenvalue weighted by molar-refractivity contribution is 5.85. The van der Waals surface area contributed by atoms with Crippen LogP contribution in [0.5, 0.6) is 0 Å². The summed E-state index contributed by atoms with van der Waals surface area (Å²) < 4.78 is 0. The van der Waals surface area contributed by atoms with E-state index < -0.39 is 5.97 Å². The Hall–Kier alpha value is -2.16. The van der Waals surface area contributed by atoms with Gasteiger partial charge < -0.3 is 5.11 Å². The second-order valence-electron chi connectivity index (χ2n) is 4.89. The normalized spacial score (nSPS) is 10.4. The molecule has 0 aliphatic rings. The highest BCUT2D eigenvalue weighted by Gasteiger charge is 2.04. The zero-order valence-electron chi connectivity index (χ0n) is 11.7. The zero-order chi connectivity index (χ0) is 14.4. The van der Waals surface area contributed by atoms with Crippen LogP contribution < -0.4 is 0 Å². The minimum Gasteiger partial charge on any atom is -0.477 e. The highest BCUT2D eigenvalue weighted by Crippen LogP contribution is 2.20. The summed E-state index contributed by atoms with van der Waals surface area (Å²) in [4.78, 5) is 14.7. The number of hydrogen-bond donors (Lipinski definition) is 1. The molecule has 0 aliphatic carbocycles. The predicted molar refractivity (Wildman–Crippen MR) is 79.9 cm³/mol. The predicted octanol–water partition coefficient (Wildman–Crippen LogP) is 4.18. The molecule has 2 aromatic rings. The zero-order valence-corrected chi connectivity index (χ0v) is 11.7. The maximum absolute atomic E-state index is 10.8. The summed E-state index contributed by atoms with van der Waals surface area (Å²) >= 11 is 0. The van der Waals surface area contributed by atoms with Gasteiger partial charge in [-0.1, -0.05) is 50.1 Å². The van der Waals surface area contributed by atoms with Crippen molar-refractivity contribution in [2.45, 2.75) is 32.6 Å². The van der Waals surface area contributed by atoms with E-state index in [4.69, 9.17) is 5.11 Å². The molecule has 0 bridgehead atoms. The number of carboxylic acids is 1. The Morgan fingerprint density at radius 3 is 2.30 bits per heavy atom. The number of carboxylic acid groups (broad SMARTS) is 1. The van der Waals surface area contributed by atoms with Gasteiger partial charge >= 0.3 is 5.97 Å². The number of hydrogen-bond acceptors (Lipinski definition) is 2. The molecule has 20 heavy (non-hydrogen) atoms. The minimum absolute atomic E-state index is 0.0740. The van der Waals surface area contributed by atoms with Crippen molar-refractivity contribution in [3.8, 4) is 11.1 Å². The number of aromatic carboxylic acids is 1. The van der Waals surface area contributed by atoms with E-state index >= 15 is 0 Å². The fourth-order valence-corrected chi connectivity index (χ4v) is 2.13. The van der Waals surface area contributed by atoms with Crippen molar-refractivity contribution >= 4 is 5.97 Å². The second kappa shape index (κ2) is 6.85. The first-order valence-corrected chi connectivity index (χ1v) is 6.99. The van der Waals surface area contributed by atoms with Crippen molar-refractivity contribution in [3.05, 3.63) is 53.9 Å². The van der Waals surface area contributed by atoms with Gasteiger partial charge in [-0.05, 0) is 30.0 Å². The van der Waals surface area contributed by atoms with Crippen LogP contribution in [0.2, 0.25) is 0 Å². The van der Waals surface area contributed by atoms with Crippen molar-refractivity contribution in [1.29, 1.82) is 0 Å². The molecule has 0 aliphatic heterocycles. The van der Waals surface area contributed by atoms with E-state index in [0.717, 1.165) is 17.5 Å². The van der Waals surface area contributed by atoms with E-state index in [9.17, 15) is 4.79 Å². The van der Waals surface area contributed by atoms with Gasteiger partial charge in [-0.3, -0.25) is 0 Å². The van der Waals surface area contributed by atoms with Crippen LogP contribution in [0, 0.1) is 0 Å². The lowest BCUT2D eigenvalue weighted by molar-refractivity contribution is 0.0690. The van der Waals surface area contributed by atoms with E-state index in [1.807, 2.05) is 0 Å². The molecule has 3 heteroatoms. The van der Waals surface area contributed by atoms with Crippen LogP contribution in [0.3, 0.4) is 0 Å². The molecule has 0 radical (unpaired) electrons. The average Bonchev–Trinajstić information content (AvgIpc) is 2.48. The van der Waals surface area contributed by atoms with Gasteiger partial charge in [-0.15, -0.1) is 0 Å². The molecule has 0 saturated carbocycles. The van der Waals surface area contributed by atoms with Gasteiger partial charge in [0.15, 0.2) is 0 Å². The summed E-state index contributed by atoms with van der Waals surface area (Å²) in [7, 11) is 0. The van der Waals surface area contributed by atoms with E-state index in [0.29, 0.717) is 0 Å². The molecular formula is C17H19NO2. The molecule has 0 saturated heterocycles. The van der Waals surface area contributed by atoms with E-state index in [1.165, 1.54) is 30.9 Å². The molecule has 104 valence electrons. The number of aryl methyl sites for hydroxylation is 1. The van der Waals surface area contributed by atoms with Crippen LogP contribution in [0.15, 0.2) is 42.6 Å². The smallest absolute Gasteiger partial charge is 0.354 e. The van der Waals surface area contributed by atoms with Crippen LogP contribution >= 0.6 is 0 Å². The van der Waals surface area contributed by atoms with E-state index in [-0.39, 0.29) is 5.69 Å². The lowest BCUT2D eigenvalue weighted by Gasteiger charge is -2.04. The first-order chi connectivity index (χ1) is 9.70. The Morgan fingerprint density at radius 2 is 1.75 bits per heavy atom. The number of rotatable bonds is 6. The Morgan fingerprint density at radius 1 is 1.05 bits per heavy atom. The van der Waals surface area contributed by atoms with Gasteiger partial charge in [0.05, 0.1) is 0 Å². The molecule has 3 nitrogen and oxygen atoms in total. The van der Waals surface area contributed by atoms with Gasteiger partial charge in [-0.25, -0.2) is 9.78 Å². The van der Waals surface area contributed by atoms with Crippen molar-refractivity contribution < 1.29 is 9.90 Å². The fourth-order valence-electron chi connectivity index (χ4n) is 2.13. The quantitative estimate of drug-likeness (QED) is 0.800. The van der Waals surface area contributed by atoms with Crippen molar-refractivity contribution in [3.63, 3.8) is 0 Å². The molecule has 1 aromatic heterocycles. The maximum atomic E-state index is 10.8. The summed E-state index contributed by atoms with van der Waals surface area (Å²) in [6, 6.07) is 11.7. The second-order valence-corrected chi connectivity index (χ2v) is 4.89. The summed E-state index contributed by atoms with van der Waals surface area (Å²) in [5.41, 5.74) is 3.42. The van der Waals surface area contributed by atoms with Gasteiger partial charge in [0.25, 0.3) is 0 Å². The summed E-state index contributed by atoms with van der Waals surface area (Å²) in [5, 5.41) is 8.82. The van der Waals surface area contributed by atoms with Crippen LogP contribution in [0.1, 0.15) is 42.2 Å². The number of benzene rings is 1. The Kier molecular flexibility index (Phi) is 4.88. The van der Waals surface area contributed by atoms with Gasteiger partial charge in [-0.2, -0.15) is 0 Å². The summed E-state index contributed by atoms with van der Waals surface area (Å²) in [6.45, 7) is 2.21. The summed E-state index contributed by atoms with van der Waals surface area (Å²) in [6.07, 6.45) is 6.45. The molecule has 2 rings (SSSR count). The largest absolute Gasteiger partial charge is 0.477 e. The molecule has 1 N–H and O–H groups in total. The molecule has 0 unspecified atom stereocenters. The number of unbranched alkanes of at least 4 members (excludes halogenated alkanes) is 2. The maximum Gasteiger partial charge on any atom is 0.354 e. The number of carbonyl (C=O) groups is 1. The average molecular weight is 269 g/mol. The Bertz CT molecular complexity index is 559. The van der Waals surface area contributed by atoms with Crippen LogP contribution in [0.4, 0.5) is 0 Å². The first-order valence-electron chi connectivity index (χ1n) is 6.99. The van der Waals surface area contributed by atoms with Crippen molar-refractivity contribution in [1.82, 2.24) is 4.98 Å². The van der Waals surface area contributed by atoms with Crippen LogP contribution in [-0.2, 0) is 6.42 Å².